The lowest BCUT2D eigenvalue weighted by Gasteiger charge is -2.25. The summed E-state index contributed by atoms with van der Waals surface area (Å²) in [5.74, 6) is 1.54. The van der Waals surface area contributed by atoms with Crippen LogP contribution in [0.25, 0.3) is 0 Å². The number of methoxy groups -OCH3 is 1. The molecule has 0 saturated heterocycles. The molecule has 1 aromatic rings. The molecule has 1 saturated carbocycles. The van der Waals surface area contributed by atoms with Gasteiger partial charge in [0, 0.05) is 12.1 Å². The number of hydrogen-bond donors (Lipinski definition) is 2. The molecule has 2 unspecified atom stereocenters. The van der Waals surface area contributed by atoms with Crippen LogP contribution in [0.2, 0.25) is 0 Å². The highest BCUT2D eigenvalue weighted by Crippen LogP contribution is 2.31. The number of ether oxygens (including phenoxy) is 1. The van der Waals surface area contributed by atoms with E-state index in [0.717, 1.165) is 11.5 Å². The third-order valence-corrected chi connectivity index (χ3v) is 4.32. The van der Waals surface area contributed by atoms with Crippen LogP contribution in [0.3, 0.4) is 0 Å². The topological polar surface area (TPSA) is 41.5 Å². The Morgan fingerprint density at radius 3 is 2.58 bits per heavy atom. The maximum absolute atomic E-state index is 9.63. The van der Waals surface area contributed by atoms with Crippen molar-refractivity contribution >= 4 is 0 Å². The van der Waals surface area contributed by atoms with Crippen molar-refractivity contribution < 1.29 is 9.84 Å². The van der Waals surface area contributed by atoms with Crippen LogP contribution in [0.5, 0.6) is 11.5 Å². The van der Waals surface area contributed by atoms with Crippen LogP contribution in [0.15, 0.2) is 18.2 Å². The van der Waals surface area contributed by atoms with Crippen molar-refractivity contribution in [3.63, 3.8) is 0 Å². The van der Waals surface area contributed by atoms with Crippen LogP contribution in [0.1, 0.15) is 51.1 Å². The van der Waals surface area contributed by atoms with Gasteiger partial charge in [-0.3, -0.25) is 0 Å². The summed E-state index contributed by atoms with van der Waals surface area (Å²) in [6.45, 7) is 4.45. The van der Waals surface area contributed by atoms with Crippen molar-refractivity contribution in [2.75, 3.05) is 7.11 Å². The third-order valence-electron chi connectivity index (χ3n) is 4.32. The van der Waals surface area contributed by atoms with Gasteiger partial charge in [-0.25, -0.2) is 0 Å². The SMILES string of the molecule is COc1cc(C(C)NC(C)C2CCCC2)ccc1O. The maximum atomic E-state index is 9.63. The van der Waals surface area contributed by atoms with Gasteiger partial charge < -0.3 is 15.2 Å². The van der Waals surface area contributed by atoms with Gasteiger partial charge in [0.2, 0.25) is 0 Å². The maximum Gasteiger partial charge on any atom is 0.160 e. The third kappa shape index (κ3) is 3.41. The molecule has 2 N–H and O–H groups in total. The summed E-state index contributed by atoms with van der Waals surface area (Å²) in [5.41, 5.74) is 1.15. The number of phenolic OH excluding ortho intramolecular Hbond substituents is 1. The molecule has 3 heteroatoms. The molecule has 1 fully saturated rings. The first-order valence-electron chi connectivity index (χ1n) is 7.24. The summed E-state index contributed by atoms with van der Waals surface area (Å²) in [6, 6.07) is 6.38. The van der Waals surface area contributed by atoms with Crippen molar-refractivity contribution in [3.8, 4) is 11.5 Å². The second-order valence-electron chi connectivity index (χ2n) is 5.65. The zero-order valence-corrected chi connectivity index (χ0v) is 12.1. The summed E-state index contributed by atoms with van der Waals surface area (Å²) in [6.07, 6.45) is 5.44. The molecule has 3 nitrogen and oxygen atoms in total. The molecule has 0 radical (unpaired) electrons. The van der Waals surface area contributed by atoms with E-state index in [0.29, 0.717) is 11.8 Å². The molecule has 2 atom stereocenters. The average Bonchev–Trinajstić information content (AvgIpc) is 2.93. The largest absolute Gasteiger partial charge is 0.504 e. The van der Waals surface area contributed by atoms with Gasteiger partial charge in [0.25, 0.3) is 0 Å². The second kappa shape index (κ2) is 6.29. The Bertz CT molecular complexity index is 413. The highest BCUT2D eigenvalue weighted by molar-refractivity contribution is 5.42. The fourth-order valence-corrected chi connectivity index (χ4v) is 3.05. The minimum absolute atomic E-state index is 0.197. The second-order valence-corrected chi connectivity index (χ2v) is 5.65. The molecule has 0 heterocycles. The van der Waals surface area contributed by atoms with Crippen LogP contribution < -0.4 is 10.1 Å². The van der Waals surface area contributed by atoms with E-state index >= 15 is 0 Å². The van der Waals surface area contributed by atoms with Crippen LogP contribution in [0, 0.1) is 5.92 Å². The first-order valence-corrected chi connectivity index (χ1v) is 7.24. The average molecular weight is 263 g/mol. The van der Waals surface area contributed by atoms with E-state index in [4.69, 9.17) is 4.74 Å². The van der Waals surface area contributed by atoms with Crippen LogP contribution in [-0.2, 0) is 0 Å². The molecule has 0 amide bonds. The van der Waals surface area contributed by atoms with Gasteiger partial charge in [-0.2, -0.15) is 0 Å². The zero-order chi connectivity index (χ0) is 13.8. The Kier molecular flexibility index (Phi) is 4.70. The van der Waals surface area contributed by atoms with E-state index in [-0.39, 0.29) is 11.8 Å². The van der Waals surface area contributed by atoms with Gasteiger partial charge in [0.1, 0.15) is 0 Å². The highest BCUT2D eigenvalue weighted by Gasteiger charge is 2.23. The first-order chi connectivity index (χ1) is 9.11. The molecule has 106 valence electrons. The molecule has 0 aliphatic heterocycles. The monoisotopic (exact) mass is 263 g/mol. The fraction of sp³-hybridized carbons (Fsp3) is 0.625. The van der Waals surface area contributed by atoms with Crippen molar-refractivity contribution in [3.05, 3.63) is 23.8 Å². The van der Waals surface area contributed by atoms with Gasteiger partial charge in [-0.05, 0) is 50.3 Å². The van der Waals surface area contributed by atoms with Gasteiger partial charge in [-0.1, -0.05) is 18.9 Å². The number of hydrogen-bond acceptors (Lipinski definition) is 3. The predicted octanol–water partition coefficient (Wildman–Crippen LogP) is 3.63. The smallest absolute Gasteiger partial charge is 0.160 e. The number of aromatic hydroxyl groups is 1. The lowest BCUT2D eigenvalue weighted by molar-refractivity contribution is 0.349. The van der Waals surface area contributed by atoms with Gasteiger partial charge in [0.15, 0.2) is 11.5 Å². The Hall–Kier alpha value is -1.22. The van der Waals surface area contributed by atoms with E-state index in [1.807, 2.05) is 12.1 Å². The minimum Gasteiger partial charge on any atom is -0.504 e. The van der Waals surface area contributed by atoms with Crippen LogP contribution >= 0.6 is 0 Å². The quantitative estimate of drug-likeness (QED) is 0.852. The predicted molar refractivity (Wildman–Crippen MR) is 77.6 cm³/mol. The Morgan fingerprint density at radius 2 is 1.95 bits per heavy atom. The van der Waals surface area contributed by atoms with Crippen molar-refractivity contribution in [1.82, 2.24) is 5.32 Å². The molecule has 0 spiro atoms. The molecule has 2 rings (SSSR count). The molecule has 1 aliphatic carbocycles. The molecular formula is C16H25NO2. The van der Waals surface area contributed by atoms with Crippen molar-refractivity contribution in [2.45, 2.75) is 51.6 Å². The Labute approximate surface area is 116 Å². The fourth-order valence-electron chi connectivity index (χ4n) is 3.05. The van der Waals surface area contributed by atoms with Crippen LogP contribution in [-0.4, -0.2) is 18.3 Å². The normalized spacial score (nSPS) is 19.3. The lowest BCUT2D eigenvalue weighted by atomic mass is 9.97. The Balaban J connectivity index is 2.00. The van der Waals surface area contributed by atoms with E-state index in [1.54, 1.807) is 13.2 Å². The van der Waals surface area contributed by atoms with Crippen molar-refractivity contribution in [1.29, 1.82) is 0 Å². The number of benzene rings is 1. The molecule has 0 bridgehead atoms. The van der Waals surface area contributed by atoms with Crippen LogP contribution in [0.4, 0.5) is 0 Å². The molecule has 1 aliphatic rings. The summed E-state index contributed by atoms with van der Waals surface area (Å²) in [5, 5.41) is 13.3. The molecule has 19 heavy (non-hydrogen) atoms. The van der Waals surface area contributed by atoms with E-state index in [9.17, 15) is 5.11 Å². The highest BCUT2D eigenvalue weighted by atomic mass is 16.5. The number of rotatable bonds is 5. The van der Waals surface area contributed by atoms with E-state index in [2.05, 4.69) is 19.2 Å². The summed E-state index contributed by atoms with van der Waals surface area (Å²) < 4.78 is 5.16. The molecular weight excluding hydrogens is 238 g/mol. The van der Waals surface area contributed by atoms with Gasteiger partial charge in [0.05, 0.1) is 7.11 Å². The van der Waals surface area contributed by atoms with Gasteiger partial charge >= 0.3 is 0 Å². The first kappa shape index (κ1) is 14.2. The van der Waals surface area contributed by atoms with Crippen molar-refractivity contribution in [2.24, 2.45) is 5.92 Å². The summed E-state index contributed by atoms with van der Waals surface area (Å²) in [7, 11) is 1.58. The number of nitrogens with one attached hydrogen (secondary N) is 1. The number of phenols is 1. The summed E-state index contributed by atoms with van der Waals surface area (Å²) >= 11 is 0. The zero-order valence-electron chi connectivity index (χ0n) is 12.1. The van der Waals surface area contributed by atoms with E-state index in [1.165, 1.54) is 25.7 Å². The minimum atomic E-state index is 0.197. The standard InChI is InChI=1S/C16H25NO2/c1-11(13-6-4-5-7-13)17-12(2)14-8-9-15(18)16(10-14)19-3/h8-13,17-18H,4-7H2,1-3H3. The lowest BCUT2D eigenvalue weighted by Crippen LogP contribution is -2.34. The Morgan fingerprint density at radius 1 is 1.26 bits per heavy atom. The van der Waals surface area contributed by atoms with Gasteiger partial charge in [-0.15, -0.1) is 0 Å². The molecule has 1 aromatic carbocycles. The summed E-state index contributed by atoms with van der Waals surface area (Å²) in [4.78, 5) is 0. The van der Waals surface area contributed by atoms with E-state index < -0.39 is 0 Å². The molecule has 0 aromatic heterocycles.